The highest BCUT2D eigenvalue weighted by Crippen LogP contribution is 2.29. The van der Waals surface area contributed by atoms with Crippen LogP contribution in [0.5, 0.6) is 0 Å². The molecule has 1 aliphatic carbocycles. The number of hydrogen-bond acceptors (Lipinski definition) is 3. The Morgan fingerprint density at radius 1 is 1.07 bits per heavy atom. The lowest BCUT2D eigenvalue weighted by atomic mass is 9.89. The van der Waals surface area contributed by atoms with Crippen molar-refractivity contribution in [2.75, 3.05) is 6.54 Å². The smallest absolute Gasteiger partial charge is 0.259 e. The summed E-state index contributed by atoms with van der Waals surface area (Å²) >= 11 is 0. The molecule has 2 aromatic carbocycles. The fraction of sp³-hybridized carbons (Fsp3) is 0.375. The quantitative estimate of drug-likeness (QED) is 0.482. The zero-order valence-corrected chi connectivity index (χ0v) is 17.4. The molecule has 0 unspecified atom stereocenters. The summed E-state index contributed by atoms with van der Waals surface area (Å²) in [6.45, 7) is 3.00. The summed E-state index contributed by atoms with van der Waals surface area (Å²) in [6, 6.07) is 14.5. The number of nitrogens with zero attached hydrogens (tertiary/aromatic N) is 2. The van der Waals surface area contributed by atoms with Gasteiger partial charge in [0.05, 0.1) is 12.8 Å². The lowest BCUT2D eigenvalue weighted by molar-refractivity contribution is -0.129. The normalized spacial score (nSPS) is 15.1. The Labute approximate surface area is 176 Å². The van der Waals surface area contributed by atoms with E-state index in [-0.39, 0.29) is 24.3 Å². The minimum Gasteiger partial charge on any atom is -0.347 e. The number of fused-ring (bicyclic) bond motifs is 3. The van der Waals surface area contributed by atoms with Crippen molar-refractivity contribution in [3.63, 3.8) is 0 Å². The Morgan fingerprint density at radius 3 is 2.63 bits per heavy atom. The van der Waals surface area contributed by atoms with E-state index in [1.54, 1.807) is 6.21 Å². The second kappa shape index (κ2) is 9.11. The van der Waals surface area contributed by atoms with Gasteiger partial charge in [0, 0.05) is 34.3 Å². The van der Waals surface area contributed by atoms with Gasteiger partial charge in [-0.15, -0.1) is 0 Å². The number of rotatable bonds is 6. The Morgan fingerprint density at radius 2 is 1.83 bits per heavy atom. The molecule has 4 rings (SSSR count). The van der Waals surface area contributed by atoms with Crippen LogP contribution in [0, 0.1) is 5.92 Å². The SMILES string of the molecule is CCn1c2ccccc2c2cc(/C=N/NC(=O)CNC(=O)C3CCCCC3)ccc21. The van der Waals surface area contributed by atoms with Gasteiger partial charge < -0.3 is 9.88 Å². The monoisotopic (exact) mass is 404 g/mol. The molecule has 1 heterocycles. The molecule has 0 radical (unpaired) electrons. The van der Waals surface area contributed by atoms with Gasteiger partial charge in [-0.25, -0.2) is 5.43 Å². The van der Waals surface area contributed by atoms with Crippen LogP contribution in [-0.2, 0) is 16.1 Å². The van der Waals surface area contributed by atoms with Crippen LogP contribution in [0.4, 0.5) is 0 Å². The van der Waals surface area contributed by atoms with Gasteiger partial charge in [0.2, 0.25) is 5.91 Å². The third-order valence-corrected chi connectivity index (χ3v) is 5.91. The molecule has 2 amide bonds. The lowest BCUT2D eigenvalue weighted by Gasteiger charge is -2.20. The van der Waals surface area contributed by atoms with E-state index < -0.39 is 0 Å². The van der Waals surface area contributed by atoms with Crippen molar-refractivity contribution in [3.8, 4) is 0 Å². The minimum atomic E-state index is -0.320. The van der Waals surface area contributed by atoms with Crippen molar-refractivity contribution >= 4 is 39.8 Å². The van der Waals surface area contributed by atoms with Gasteiger partial charge in [-0.2, -0.15) is 5.10 Å². The first-order chi connectivity index (χ1) is 14.7. The molecule has 156 valence electrons. The molecule has 1 saturated carbocycles. The summed E-state index contributed by atoms with van der Waals surface area (Å²) in [5, 5.41) is 9.17. The van der Waals surface area contributed by atoms with E-state index in [2.05, 4.69) is 57.7 Å². The molecule has 0 bridgehead atoms. The third-order valence-electron chi connectivity index (χ3n) is 5.91. The summed E-state index contributed by atoms with van der Waals surface area (Å²) in [7, 11) is 0. The summed E-state index contributed by atoms with van der Waals surface area (Å²) in [4.78, 5) is 24.1. The van der Waals surface area contributed by atoms with Gasteiger partial charge in [0.15, 0.2) is 0 Å². The number of nitrogens with one attached hydrogen (secondary N) is 2. The maximum atomic E-state index is 12.1. The number of hydrogen-bond donors (Lipinski definition) is 2. The molecule has 6 heteroatoms. The molecule has 1 aromatic heterocycles. The average Bonchev–Trinajstić information content (AvgIpc) is 3.11. The largest absolute Gasteiger partial charge is 0.347 e. The molecule has 2 N–H and O–H groups in total. The fourth-order valence-electron chi connectivity index (χ4n) is 4.39. The number of benzene rings is 2. The van der Waals surface area contributed by atoms with Crippen molar-refractivity contribution in [2.45, 2.75) is 45.6 Å². The third kappa shape index (κ3) is 4.22. The summed E-state index contributed by atoms with van der Waals surface area (Å²) in [5.41, 5.74) is 5.81. The van der Waals surface area contributed by atoms with Crippen molar-refractivity contribution in [1.29, 1.82) is 0 Å². The number of amides is 2. The van der Waals surface area contributed by atoms with Crippen LogP contribution in [0.1, 0.15) is 44.6 Å². The Balaban J connectivity index is 1.38. The predicted molar refractivity (Wildman–Crippen MR) is 120 cm³/mol. The molecule has 1 aliphatic rings. The van der Waals surface area contributed by atoms with Crippen LogP contribution >= 0.6 is 0 Å². The molecule has 0 saturated heterocycles. The van der Waals surface area contributed by atoms with E-state index in [1.165, 1.54) is 28.2 Å². The number of aryl methyl sites for hydroxylation is 1. The Bertz CT molecular complexity index is 1090. The number of hydrazone groups is 1. The first-order valence-corrected chi connectivity index (χ1v) is 10.8. The van der Waals surface area contributed by atoms with E-state index in [0.29, 0.717) is 0 Å². The van der Waals surface area contributed by atoms with E-state index in [4.69, 9.17) is 0 Å². The van der Waals surface area contributed by atoms with Crippen LogP contribution in [0.2, 0.25) is 0 Å². The van der Waals surface area contributed by atoms with Crippen molar-refractivity contribution in [1.82, 2.24) is 15.3 Å². The van der Waals surface area contributed by atoms with E-state index in [0.717, 1.165) is 37.8 Å². The molecule has 0 atom stereocenters. The zero-order chi connectivity index (χ0) is 20.9. The molecular formula is C24H28N4O2. The van der Waals surface area contributed by atoms with Crippen LogP contribution in [0.15, 0.2) is 47.6 Å². The van der Waals surface area contributed by atoms with Gasteiger partial charge in [0.25, 0.3) is 5.91 Å². The molecule has 0 aliphatic heterocycles. The minimum absolute atomic E-state index is 0.0217. The first-order valence-electron chi connectivity index (χ1n) is 10.8. The van der Waals surface area contributed by atoms with Crippen LogP contribution in [-0.4, -0.2) is 29.1 Å². The summed E-state index contributed by atoms with van der Waals surface area (Å²) < 4.78 is 2.29. The topological polar surface area (TPSA) is 75.5 Å². The highest BCUT2D eigenvalue weighted by atomic mass is 16.2. The fourth-order valence-corrected chi connectivity index (χ4v) is 4.39. The molecule has 30 heavy (non-hydrogen) atoms. The Hall–Kier alpha value is -3.15. The standard InChI is InChI=1S/C24H28N4O2/c1-2-28-21-11-7-6-10-19(21)20-14-17(12-13-22(20)28)15-26-27-23(29)16-25-24(30)18-8-4-3-5-9-18/h6-7,10-15,18H,2-5,8-9,16H2,1H3,(H,25,30)(H,27,29)/b26-15+. The average molecular weight is 405 g/mol. The van der Waals surface area contributed by atoms with Crippen molar-refractivity contribution in [2.24, 2.45) is 11.0 Å². The maximum absolute atomic E-state index is 12.1. The number of carbonyl (C=O) groups excluding carboxylic acids is 2. The van der Waals surface area contributed by atoms with Gasteiger partial charge in [0.1, 0.15) is 0 Å². The summed E-state index contributed by atoms with van der Waals surface area (Å²) in [5.74, 6) is -0.294. The molecule has 6 nitrogen and oxygen atoms in total. The first kappa shape index (κ1) is 20.1. The van der Waals surface area contributed by atoms with Gasteiger partial charge in [-0.3, -0.25) is 9.59 Å². The molecule has 3 aromatic rings. The van der Waals surface area contributed by atoms with E-state index in [1.807, 2.05) is 12.1 Å². The van der Waals surface area contributed by atoms with Gasteiger partial charge >= 0.3 is 0 Å². The van der Waals surface area contributed by atoms with E-state index >= 15 is 0 Å². The van der Waals surface area contributed by atoms with Gasteiger partial charge in [-0.1, -0.05) is 43.5 Å². The number of para-hydroxylation sites is 1. The highest BCUT2D eigenvalue weighted by molar-refractivity contribution is 6.09. The second-order valence-corrected chi connectivity index (χ2v) is 7.88. The van der Waals surface area contributed by atoms with Crippen LogP contribution < -0.4 is 10.7 Å². The number of carbonyl (C=O) groups is 2. The van der Waals surface area contributed by atoms with Crippen molar-refractivity contribution in [3.05, 3.63) is 48.0 Å². The van der Waals surface area contributed by atoms with Crippen LogP contribution in [0.25, 0.3) is 21.8 Å². The van der Waals surface area contributed by atoms with Crippen LogP contribution in [0.3, 0.4) is 0 Å². The van der Waals surface area contributed by atoms with Gasteiger partial charge in [-0.05, 0) is 43.5 Å². The lowest BCUT2D eigenvalue weighted by Crippen LogP contribution is -2.38. The maximum Gasteiger partial charge on any atom is 0.259 e. The zero-order valence-electron chi connectivity index (χ0n) is 17.4. The molecule has 0 spiro atoms. The predicted octanol–water partition coefficient (Wildman–Crippen LogP) is 3.96. The Kier molecular flexibility index (Phi) is 6.12. The molecule has 1 fully saturated rings. The highest BCUT2D eigenvalue weighted by Gasteiger charge is 2.21. The molecular weight excluding hydrogens is 376 g/mol. The number of aromatic nitrogens is 1. The van der Waals surface area contributed by atoms with Crippen molar-refractivity contribution < 1.29 is 9.59 Å². The van der Waals surface area contributed by atoms with E-state index in [9.17, 15) is 9.59 Å². The summed E-state index contributed by atoms with van der Waals surface area (Å²) in [6.07, 6.45) is 6.86. The second-order valence-electron chi connectivity index (χ2n) is 7.88.